The standard InChI is InChI=1S/C13H15ClFN3/c1-3-11(16)13-6-17-7-18(13)12-4-8(2)10(15)5-9(12)14/h4-7,11H,3,16H2,1-2H3/t11-/m1/s1. The first kappa shape index (κ1) is 13.1. The molecule has 1 aromatic heterocycles. The van der Waals surface area contributed by atoms with Crippen LogP contribution in [0.3, 0.4) is 0 Å². The lowest BCUT2D eigenvalue weighted by Crippen LogP contribution is -2.13. The number of hydrogen-bond donors (Lipinski definition) is 1. The Morgan fingerprint density at radius 1 is 1.50 bits per heavy atom. The molecule has 0 saturated carbocycles. The molecule has 18 heavy (non-hydrogen) atoms. The third-order valence-corrected chi connectivity index (χ3v) is 3.28. The maximum Gasteiger partial charge on any atom is 0.127 e. The lowest BCUT2D eigenvalue weighted by Gasteiger charge is -2.15. The SMILES string of the molecule is CC[C@@H](N)c1cncn1-c1cc(C)c(F)cc1Cl. The maximum absolute atomic E-state index is 13.4. The van der Waals surface area contributed by atoms with E-state index in [0.717, 1.165) is 12.1 Å². The average molecular weight is 268 g/mol. The van der Waals surface area contributed by atoms with Crippen LogP contribution in [-0.2, 0) is 0 Å². The molecule has 0 amide bonds. The van der Waals surface area contributed by atoms with Gasteiger partial charge in [-0.2, -0.15) is 0 Å². The summed E-state index contributed by atoms with van der Waals surface area (Å²) in [7, 11) is 0. The van der Waals surface area contributed by atoms with E-state index in [1.807, 2.05) is 11.5 Å². The summed E-state index contributed by atoms with van der Waals surface area (Å²) in [5.74, 6) is -0.315. The number of halogens is 2. The number of aromatic nitrogens is 2. The van der Waals surface area contributed by atoms with Crippen molar-refractivity contribution in [3.05, 3.63) is 46.8 Å². The van der Waals surface area contributed by atoms with Crippen LogP contribution in [0.1, 0.15) is 30.6 Å². The first-order valence-corrected chi connectivity index (χ1v) is 6.16. The second kappa shape index (κ2) is 5.08. The van der Waals surface area contributed by atoms with E-state index in [9.17, 15) is 4.39 Å². The summed E-state index contributed by atoms with van der Waals surface area (Å²) in [6.07, 6.45) is 4.15. The molecule has 0 aliphatic rings. The predicted octanol–water partition coefficient (Wildman–Crippen LogP) is 3.38. The van der Waals surface area contributed by atoms with E-state index in [0.29, 0.717) is 16.3 Å². The van der Waals surface area contributed by atoms with Crippen molar-refractivity contribution in [2.24, 2.45) is 5.73 Å². The van der Waals surface area contributed by atoms with E-state index in [2.05, 4.69) is 4.98 Å². The molecule has 0 unspecified atom stereocenters. The summed E-state index contributed by atoms with van der Waals surface area (Å²) in [5.41, 5.74) is 8.12. The largest absolute Gasteiger partial charge is 0.323 e. The van der Waals surface area contributed by atoms with Gasteiger partial charge in [-0.25, -0.2) is 9.37 Å². The van der Waals surface area contributed by atoms with Gasteiger partial charge in [0, 0.05) is 6.04 Å². The van der Waals surface area contributed by atoms with E-state index in [4.69, 9.17) is 17.3 Å². The number of imidazole rings is 1. The van der Waals surface area contributed by atoms with Gasteiger partial charge in [-0.15, -0.1) is 0 Å². The van der Waals surface area contributed by atoms with Gasteiger partial charge in [0.15, 0.2) is 0 Å². The number of nitrogens with zero attached hydrogens (tertiary/aromatic N) is 2. The van der Waals surface area contributed by atoms with Crippen molar-refractivity contribution in [1.29, 1.82) is 0 Å². The van der Waals surface area contributed by atoms with E-state index in [1.54, 1.807) is 25.5 Å². The number of rotatable bonds is 3. The molecule has 2 N–H and O–H groups in total. The smallest absolute Gasteiger partial charge is 0.127 e. The maximum atomic E-state index is 13.4. The molecule has 5 heteroatoms. The minimum absolute atomic E-state index is 0.117. The lowest BCUT2D eigenvalue weighted by molar-refractivity contribution is 0.617. The van der Waals surface area contributed by atoms with Crippen LogP contribution < -0.4 is 5.73 Å². The Morgan fingerprint density at radius 2 is 2.22 bits per heavy atom. The number of aryl methyl sites for hydroxylation is 1. The molecule has 0 aliphatic carbocycles. The van der Waals surface area contributed by atoms with E-state index >= 15 is 0 Å². The fourth-order valence-electron chi connectivity index (χ4n) is 1.82. The molecular formula is C13H15ClFN3. The lowest BCUT2D eigenvalue weighted by atomic mass is 10.1. The highest BCUT2D eigenvalue weighted by molar-refractivity contribution is 6.32. The Bertz CT molecular complexity index is 565. The van der Waals surface area contributed by atoms with Gasteiger partial charge >= 0.3 is 0 Å². The summed E-state index contributed by atoms with van der Waals surface area (Å²) in [6, 6.07) is 2.90. The molecule has 2 aromatic rings. The third kappa shape index (κ3) is 2.26. The molecule has 3 nitrogen and oxygen atoms in total. The minimum Gasteiger partial charge on any atom is -0.323 e. The monoisotopic (exact) mass is 267 g/mol. The molecule has 1 heterocycles. The van der Waals surface area contributed by atoms with Crippen LogP contribution in [0, 0.1) is 12.7 Å². The summed E-state index contributed by atoms with van der Waals surface area (Å²) < 4.78 is 15.2. The average Bonchev–Trinajstić information content (AvgIpc) is 2.81. The van der Waals surface area contributed by atoms with Gasteiger partial charge in [0.2, 0.25) is 0 Å². The van der Waals surface area contributed by atoms with Crippen molar-refractivity contribution >= 4 is 11.6 Å². The van der Waals surface area contributed by atoms with E-state index < -0.39 is 0 Å². The van der Waals surface area contributed by atoms with Gasteiger partial charge in [0.25, 0.3) is 0 Å². The molecule has 0 radical (unpaired) electrons. The molecule has 0 spiro atoms. The molecule has 0 fully saturated rings. The topological polar surface area (TPSA) is 43.8 Å². The van der Waals surface area contributed by atoms with Gasteiger partial charge in [-0.3, -0.25) is 0 Å². The zero-order valence-electron chi connectivity index (χ0n) is 10.3. The zero-order valence-corrected chi connectivity index (χ0v) is 11.1. The van der Waals surface area contributed by atoms with Crippen molar-refractivity contribution in [3.63, 3.8) is 0 Å². The molecule has 96 valence electrons. The van der Waals surface area contributed by atoms with Crippen molar-refractivity contribution < 1.29 is 4.39 Å². The Morgan fingerprint density at radius 3 is 2.89 bits per heavy atom. The molecular weight excluding hydrogens is 253 g/mol. The third-order valence-electron chi connectivity index (χ3n) is 2.97. The quantitative estimate of drug-likeness (QED) is 0.926. The Hall–Kier alpha value is -1.39. The normalized spacial score (nSPS) is 12.7. The molecule has 0 bridgehead atoms. The fourth-order valence-corrected chi connectivity index (χ4v) is 2.06. The molecule has 1 atom stereocenters. The van der Waals surface area contributed by atoms with Crippen LogP contribution in [0.2, 0.25) is 5.02 Å². The number of benzene rings is 1. The van der Waals surface area contributed by atoms with Crippen LogP contribution in [0.25, 0.3) is 5.69 Å². The van der Waals surface area contributed by atoms with Gasteiger partial charge in [-0.05, 0) is 31.0 Å². The Labute approximate surface area is 110 Å². The van der Waals surface area contributed by atoms with Crippen LogP contribution >= 0.6 is 11.6 Å². The van der Waals surface area contributed by atoms with Crippen molar-refractivity contribution in [3.8, 4) is 5.69 Å². The second-order valence-corrected chi connectivity index (χ2v) is 4.66. The highest BCUT2D eigenvalue weighted by Gasteiger charge is 2.14. The zero-order chi connectivity index (χ0) is 13.3. The van der Waals surface area contributed by atoms with E-state index in [-0.39, 0.29) is 11.9 Å². The molecule has 0 aliphatic heterocycles. The molecule has 0 saturated heterocycles. The van der Waals surface area contributed by atoms with Gasteiger partial charge in [-0.1, -0.05) is 18.5 Å². The highest BCUT2D eigenvalue weighted by Crippen LogP contribution is 2.27. The summed E-state index contributed by atoms with van der Waals surface area (Å²) in [6.45, 7) is 3.70. The van der Waals surface area contributed by atoms with Crippen molar-refractivity contribution in [2.45, 2.75) is 26.3 Å². The summed E-state index contributed by atoms with van der Waals surface area (Å²) >= 11 is 6.08. The Balaban J connectivity index is 2.56. The molecule has 2 rings (SSSR count). The van der Waals surface area contributed by atoms with Crippen molar-refractivity contribution in [2.75, 3.05) is 0 Å². The minimum atomic E-state index is -0.315. The first-order valence-electron chi connectivity index (χ1n) is 5.78. The van der Waals surface area contributed by atoms with Crippen LogP contribution in [0.5, 0.6) is 0 Å². The predicted molar refractivity (Wildman–Crippen MR) is 70.5 cm³/mol. The van der Waals surface area contributed by atoms with Crippen LogP contribution in [0.4, 0.5) is 4.39 Å². The number of hydrogen-bond acceptors (Lipinski definition) is 2. The van der Waals surface area contributed by atoms with Gasteiger partial charge < -0.3 is 10.3 Å². The second-order valence-electron chi connectivity index (χ2n) is 4.26. The van der Waals surface area contributed by atoms with Crippen LogP contribution in [-0.4, -0.2) is 9.55 Å². The highest BCUT2D eigenvalue weighted by atomic mass is 35.5. The van der Waals surface area contributed by atoms with Gasteiger partial charge in [0.05, 0.1) is 28.9 Å². The Kier molecular flexibility index (Phi) is 3.68. The van der Waals surface area contributed by atoms with E-state index in [1.165, 1.54) is 6.07 Å². The first-order chi connectivity index (χ1) is 8.54. The number of nitrogens with two attached hydrogens (primary N) is 1. The molecule has 1 aromatic carbocycles. The summed E-state index contributed by atoms with van der Waals surface area (Å²) in [4.78, 5) is 4.09. The van der Waals surface area contributed by atoms with Crippen LogP contribution in [0.15, 0.2) is 24.7 Å². The van der Waals surface area contributed by atoms with Gasteiger partial charge in [0.1, 0.15) is 5.82 Å². The van der Waals surface area contributed by atoms with Crippen molar-refractivity contribution in [1.82, 2.24) is 9.55 Å². The summed E-state index contributed by atoms with van der Waals surface area (Å²) in [5, 5.41) is 0.348. The fraction of sp³-hybridized carbons (Fsp3) is 0.308.